The third-order valence-electron chi connectivity index (χ3n) is 4.78. The van der Waals surface area contributed by atoms with E-state index in [1.807, 2.05) is 29.2 Å². The molecule has 0 aromatic heterocycles. The van der Waals surface area contributed by atoms with E-state index < -0.39 is 0 Å². The van der Waals surface area contributed by atoms with Gasteiger partial charge in [-0.25, -0.2) is 4.79 Å². The summed E-state index contributed by atoms with van der Waals surface area (Å²) in [5, 5.41) is 9.11. The molecular formula is C18H24N4O2. The number of rotatable bonds is 1. The van der Waals surface area contributed by atoms with E-state index in [0.29, 0.717) is 25.3 Å². The number of morpholine rings is 1. The quantitative estimate of drug-likeness (QED) is 0.790. The average Bonchev–Trinajstić information content (AvgIpc) is 2.61. The summed E-state index contributed by atoms with van der Waals surface area (Å²) in [7, 11) is 3.57. The van der Waals surface area contributed by atoms with E-state index in [1.54, 1.807) is 19.0 Å². The van der Waals surface area contributed by atoms with Crippen LogP contribution in [0.2, 0.25) is 0 Å². The molecule has 0 bridgehead atoms. The summed E-state index contributed by atoms with van der Waals surface area (Å²) in [5.74, 6) is 0. The van der Waals surface area contributed by atoms with E-state index >= 15 is 0 Å². The first-order chi connectivity index (χ1) is 11.5. The van der Waals surface area contributed by atoms with Crippen LogP contribution >= 0.6 is 0 Å². The van der Waals surface area contributed by atoms with Gasteiger partial charge < -0.3 is 19.4 Å². The van der Waals surface area contributed by atoms with Crippen LogP contribution in [0.3, 0.4) is 0 Å². The highest BCUT2D eigenvalue weighted by atomic mass is 16.5. The molecule has 2 heterocycles. The van der Waals surface area contributed by atoms with Gasteiger partial charge in [0.05, 0.1) is 24.8 Å². The Kier molecular flexibility index (Phi) is 4.63. The van der Waals surface area contributed by atoms with Gasteiger partial charge in [-0.1, -0.05) is 6.07 Å². The summed E-state index contributed by atoms with van der Waals surface area (Å²) < 4.78 is 6.16. The molecule has 1 unspecified atom stereocenters. The van der Waals surface area contributed by atoms with Crippen molar-refractivity contribution in [2.75, 3.05) is 51.8 Å². The molecule has 128 valence electrons. The highest BCUT2D eigenvalue weighted by Crippen LogP contribution is 2.32. The van der Waals surface area contributed by atoms with Crippen LogP contribution in [0.1, 0.15) is 18.4 Å². The predicted molar refractivity (Wildman–Crippen MR) is 91.9 cm³/mol. The van der Waals surface area contributed by atoms with Gasteiger partial charge in [-0.2, -0.15) is 5.26 Å². The Morgan fingerprint density at radius 3 is 2.92 bits per heavy atom. The SMILES string of the molecule is CN(C)C(=O)N1CCOC2(CCCN(c3cccc(C#N)c3)C2)C1. The first kappa shape index (κ1) is 16.6. The van der Waals surface area contributed by atoms with Crippen LogP contribution in [-0.4, -0.2) is 68.3 Å². The van der Waals surface area contributed by atoms with E-state index in [2.05, 4.69) is 11.0 Å². The first-order valence-electron chi connectivity index (χ1n) is 8.38. The zero-order valence-electron chi connectivity index (χ0n) is 14.4. The van der Waals surface area contributed by atoms with Crippen molar-refractivity contribution in [2.24, 2.45) is 0 Å². The van der Waals surface area contributed by atoms with Crippen molar-refractivity contribution in [1.29, 1.82) is 5.26 Å². The summed E-state index contributed by atoms with van der Waals surface area (Å²) >= 11 is 0. The van der Waals surface area contributed by atoms with Crippen LogP contribution in [0.15, 0.2) is 24.3 Å². The highest BCUT2D eigenvalue weighted by Gasteiger charge is 2.42. The molecule has 0 saturated carbocycles. The number of urea groups is 1. The molecule has 1 atom stereocenters. The maximum atomic E-state index is 12.3. The zero-order chi connectivity index (χ0) is 17.2. The van der Waals surface area contributed by atoms with Gasteiger partial charge in [0.2, 0.25) is 0 Å². The van der Waals surface area contributed by atoms with Crippen LogP contribution in [-0.2, 0) is 4.74 Å². The number of hydrogen-bond donors (Lipinski definition) is 0. The standard InChI is InChI=1S/C18H24N4O2/c1-20(2)17(23)22-9-10-24-18(14-22)7-4-8-21(13-18)16-6-3-5-15(11-16)12-19/h3,5-6,11H,4,7-10,13-14H2,1-2H3. The number of nitriles is 1. The molecule has 1 aromatic carbocycles. The molecule has 2 aliphatic rings. The molecule has 2 aliphatic heterocycles. The Labute approximate surface area is 143 Å². The number of amides is 2. The molecular weight excluding hydrogens is 304 g/mol. The van der Waals surface area contributed by atoms with E-state index in [4.69, 9.17) is 10.00 Å². The topological polar surface area (TPSA) is 59.8 Å². The van der Waals surface area contributed by atoms with Crippen molar-refractivity contribution in [2.45, 2.75) is 18.4 Å². The number of nitrogens with zero attached hydrogens (tertiary/aromatic N) is 4. The fraction of sp³-hybridized carbons (Fsp3) is 0.556. The second-order valence-corrected chi connectivity index (χ2v) is 6.82. The third-order valence-corrected chi connectivity index (χ3v) is 4.78. The third kappa shape index (κ3) is 3.31. The molecule has 0 radical (unpaired) electrons. The minimum Gasteiger partial charge on any atom is -0.369 e. The lowest BCUT2D eigenvalue weighted by Gasteiger charge is -2.48. The lowest BCUT2D eigenvalue weighted by Crippen LogP contribution is -2.61. The molecule has 6 nitrogen and oxygen atoms in total. The van der Waals surface area contributed by atoms with Crippen molar-refractivity contribution in [1.82, 2.24) is 9.80 Å². The highest BCUT2D eigenvalue weighted by molar-refractivity contribution is 5.74. The Morgan fingerprint density at radius 2 is 2.17 bits per heavy atom. The van der Waals surface area contributed by atoms with Crippen LogP contribution in [0.4, 0.5) is 10.5 Å². The van der Waals surface area contributed by atoms with Crippen LogP contribution in [0, 0.1) is 11.3 Å². The second-order valence-electron chi connectivity index (χ2n) is 6.82. The van der Waals surface area contributed by atoms with Crippen LogP contribution in [0.25, 0.3) is 0 Å². The molecule has 24 heavy (non-hydrogen) atoms. The lowest BCUT2D eigenvalue weighted by atomic mass is 9.90. The molecule has 0 N–H and O–H groups in total. The fourth-order valence-corrected chi connectivity index (χ4v) is 3.63. The minimum absolute atomic E-state index is 0.0428. The van der Waals surface area contributed by atoms with Crippen molar-refractivity contribution >= 4 is 11.7 Å². The minimum atomic E-state index is -0.315. The molecule has 3 rings (SSSR count). The number of carbonyl (C=O) groups is 1. The van der Waals surface area contributed by atoms with Crippen LogP contribution in [0.5, 0.6) is 0 Å². The zero-order valence-corrected chi connectivity index (χ0v) is 14.4. The van der Waals surface area contributed by atoms with Crippen molar-refractivity contribution < 1.29 is 9.53 Å². The number of anilines is 1. The second kappa shape index (κ2) is 6.70. The first-order valence-corrected chi connectivity index (χ1v) is 8.38. The average molecular weight is 328 g/mol. The van der Waals surface area contributed by atoms with Crippen molar-refractivity contribution in [3.05, 3.63) is 29.8 Å². The molecule has 2 amide bonds. The monoisotopic (exact) mass is 328 g/mol. The van der Waals surface area contributed by atoms with E-state index in [-0.39, 0.29) is 11.6 Å². The van der Waals surface area contributed by atoms with E-state index in [0.717, 1.165) is 31.6 Å². The summed E-state index contributed by atoms with van der Waals surface area (Å²) in [5.41, 5.74) is 1.40. The molecule has 2 fully saturated rings. The van der Waals surface area contributed by atoms with Gasteiger partial charge in [-0.15, -0.1) is 0 Å². The summed E-state index contributed by atoms with van der Waals surface area (Å²) in [4.78, 5) is 18.1. The maximum Gasteiger partial charge on any atom is 0.319 e. The predicted octanol–water partition coefficient (Wildman–Crippen LogP) is 1.91. The van der Waals surface area contributed by atoms with Gasteiger partial charge >= 0.3 is 6.03 Å². The van der Waals surface area contributed by atoms with Gasteiger partial charge in [0, 0.05) is 39.4 Å². The summed E-state index contributed by atoms with van der Waals surface area (Å²) in [6, 6.07) is 9.93. The number of benzene rings is 1. The number of ether oxygens (including phenoxy) is 1. The lowest BCUT2D eigenvalue weighted by molar-refractivity contribution is -0.104. The van der Waals surface area contributed by atoms with E-state index in [9.17, 15) is 4.79 Å². The van der Waals surface area contributed by atoms with E-state index in [1.165, 1.54) is 0 Å². The van der Waals surface area contributed by atoms with Gasteiger partial charge in [0.15, 0.2) is 0 Å². The van der Waals surface area contributed by atoms with Crippen molar-refractivity contribution in [3.63, 3.8) is 0 Å². The Bertz CT molecular complexity index is 651. The van der Waals surface area contributed by atoms with Gasteiger partial charge in [-0.05, 0) is 31.0 Å². The largest absolute Gasteiger partial charge is 0.369 e. The Morgan fingerprint density at radius 1 is 1.33 bits per heavy atom. The van der Waals surface area contributed by atoms with Gasteiger partial charge in [0.25, 0.3) is 0 Å². The molecule has 1 aromatic rings. The normalized spacial score (nSPS) is 23.9. The Hall–Kier alpha value is -2.26. The summed E-state index contributed by atoms with van der Waals surface area (Å²) in [6.45, 7) is 3.54. The molecule has 6 heteroatoms. The Balaban J connectivity index is 1.76. The van der Waals surface area contributed by atoms with Gasteiger partial charge in [-0.3, -0.25) is 0 Å². The molecule has 2 saturated heterocycles. The maximum absolute atomic E-state index is 12.3. The fourth-order valence-electron chi connectivity index (χ4n) is 3.63. The van der Waals surface area contributed by atoms with Gasteiger partial charge in [0.1, 0.15) is 5.60 Å². The number of piperidine rings is 1. The molecule has 0 aliphatic carbocycles. The number of carbonyl (C=O) groups excluding carboxylic acids is 1. The van der Waals surface area contributed by atoms with Crippen molar-refractivity contribution in [3.8, 4) is 6.07 Å². The number of hydrogen-bond acceptors (Lipinski definition) is 4. The van der Waals surface area contributed by atoms with Crippen LogP contribution < -0.4 is 4.90 Å². The summed E-state index contributed by atoms with van der Waals surface area (Å²) in [6.07, 6.45) is 1.97. The molecule has 1 spiro atoms. The smallest absolute Gasteiger partial charge is 0.319 e.